The van der Waals surface area contributed by atoms with E-state index in [1.807, 2.05) is 39.0 Å². The number of carbonyl (C=O) groups is 1. The predicted octanol–water partition coefficient (Wildman–Crippen LogP) is 7.11. The second-order valence-corrected chi connectivity index (χ2v) is 11.6. The Hall–Kier alpha value is -3.76. The number of aryl methyl sites for hydroxylation is 1. The molecule has 224 valence electrons. The van der Waals surface area contributed by atoms with Crippen molar-refractivity contribution >= 4 is 11.9 Å². The van der Waals surface area contributed by atoms with Gasteiger partial charge in [0.05, 0.1) is 17.3 Å². The van der Waals surface area contributed by atoms with Crippen molar-refractivity contribution in [2.24, 2.45) is 5.41 Å². The molecule has 0 atom stereocenters. The number of nitrogens with zero attached hydrogens (tertiary/aromatic N) is 3. The number of anilines is 1. The van der Waals surface area contributed by atoms with E-state index in [4.69, 9.17) is 15.2 Å². The van der Waals surface area contributed by atoms with E-state index >= 15 is 0 Å². The minimum Gasteiger partial charge on any atom is -0.476 e. The standard InChI is InChI=1S/C30H40F3N5O3/c1-28(2,3)41-27(39)35-16-11-7-6-8-12-21-13-9-10-14-22(21)23-18-25(34)36-19-24(23)38-17-15-26(37-38)40-20-29(4,5)30(31,32)33/h9-10,13-15,17-19H,6-8,11-12,16,20H2,1-5H3,(H2,34,36)(H,35,39). The fraction of sp³-hybridized carbons (Fsp3) is 0.500. The molecular formula is C30H40F3N5O3. The monoisotopic (exact) mass is 575 g/mol. The minimum atomic E-state index is -4.40. The van der Waals surface area contributed by atoms with Crippen molar-refractivity contribution in [3.8, 4) is 22.7 Å². The number of alkyl halides is 3. The van der Waals surface area contributed by atoms with Crippen LogP contribution in [0, 0.1) is 5.41 Å². The third-order valence-corrected chi connectivity index (χ3v) is 6.41. The lowest BCUT2D eigenvalue weighted by molar-refractivity contribution is -0.219. The smallest absolute Gasteiger partial charge is 0.407 e. The van der Waals surface area contributed by atoms with Gasteiger partial charge in [0.1, 0.15) is 18.0 Å². The molecule has 1 amide bonds. The van der Waals surface area contributed by atoms with Gasteiger partial charge in [-0.15, -0.1) is 5.10 Å². The number of unbranched alkanes of at least 4 members (excludes halogenated alkanes) is 3. The van der Waals surface area contributed by atoms with Crippen LogP contribution < -0.4 is 15.8 Å². The number of alkyl carbamates (subject to hydrolysis) is 1. The van der Waals surface area contributed by atoms with Crippen LogP contribution >= 0.6 is 0 Å². The van der Waals surface area contributed by atoms with E-state index in [0.717, 1.165) is 62.6 Å². The maximum absolute atomic E-state index is 13.2. The summed E-state index contributed by atoms with van der Waals surface area (Å²) in [6.07, 6.45) is 3.01. The van der Waals surface area contributed by atoms with Crippen molar-refractivity contribution in [2.45, 2.75) is 78.5 Å². The number of pyridine rings is 1. The highest BCUT2D eigenvalue weighted by Crippen LogP contribution is 2.38. The summed E-state index contributed by atoms with van der Waals surface area (Å²) < 4.78 is 51.8. The Labute approximate surface area is 239 Å². The normalized spacial score (nSPS) is 12.3. The summed E-state index contributed by atoms with van der Waals surface area (Å²) in [4.78, 5) is 16.0. The number of nitrogens with one attached hydrogen (secondary N) is 1. The van der Waals surface area contributed by atoms with E-state index in [9.17, 15) is 18.0 Å². The van der Waals surface area contributed by atoms with Crippen LogP contribution in [-0.2, 0) is 11.2 Å². The minimum absolute atomic E-state index is 0.0829. The molecule has 0 fully saturated rings. The molecule has 0 aliphatic heterocycles. The van der Waals surface area contributed by atoms with Gasteiger partial charge in [0.2, 0.25) is 5.88 Å². The summed E-state index contributed by atoms with van der Waals surface area (Å²) >= 11 is 0. The van der Waals surface area contributed by atoms with Gasteiger partial charge in [-0.25, -0.2) is 14.5 Å². The van der Waals surface area contributed by atoms with Crippen molar-refractivity contribution in [1.29, 1.82) is 0 Å². The van der Waals surface area contributed by atoms with Crippen molar-refractivity contribution in [2.75, 3.05) is 18.9 Å². The summed E-state index contributed by atoms with van der Waals surface area (Å²) in [7, 11) is 0. The quantitative estimate of drug-likeness (QED) is 0.223. The summed E-state index contributed by atoms with van der Waals surface area (Å²) in [5.41, 5.74) is 7.05. The Morgan fingerprint density at radius 2 is 1.71 bits per heavy atom. The number of benzene rings is 1. The highest BCUT2D eigenvalue weighted by molar-refractivity contribution is 5.77. The molecule has 0 spiro atoms. The zero-order valence-corrected chi connectivity index (χ0v) is 24.3. The van der Waals surface area contributed by atoms with E-state index in [1.54, 1.807) is 18.5 Å². The number of amides is 1. The fourth-order valence-electron chi connectivity index (χ4n) is 4.02. The Balaban J connectivity index is 1.65. The van der Waals surface area contributed by atoms with Crippen LogP contribution in [-0.4, -0.2) is 45.8 Å². The Kier molecular flexibility index (Phi) is 10.3. The van der Waals surface area contributed by atoms with Gasteiger partial charge in [0, 0.05) is 24.4 Å². The van der Waals surface area contributed by atoms with Crippen molar-refractivity contribution in [3.05, 3.63) is 54.4 Å². The molecule has 3 N–H and O–H groups in total. The maximum atomic E-state index is 13.2. The molecule has 2 aromatic heterocycles. The lowest BCUT2D eigenvalue weighted by atomic mass is 9.94. The van der Waals surface area contributed by atoms with Crippen molar-refractivity contribution in [3.63, 3.8) is 0 Å². The summed E-state index contributed by atoms with van der Waals surface area (Å²) in [6, 6.07) is 11.3. The number of rotatable bonds is 12. The van der Waals surface area contributed by atoms with Gasteiger partial charge in [0.25, 0.3) is 0 Å². The van der Waals surface area contributed by atoms with E-state index in [0.29, 0.717) is 18.1 Å². The van der Waals surface area contributed by atoms with Gasteiger partial charge < -0.3 is 20.5 Å². The molecule has 1 aromatic carbocycles. The molecule has 0 radical (unpaired) electrons. The molecule has 0 aliphatic carbocycles. The van der Waals surface area contributed by atoms with Crippen molar-refractivity contribution in [1.82, 2.24) is 20.1 Å². The van der Waals surface area contributed by atoms with Crippen LogP contribution in [0.5, 0.6) is 5.88 Å². The first-order valence-electron chi connectivity index (χ1n) is 13.7. The first-order valence-corrected chi connectivity index (χ1v) is 13.7. The number of nitrogen functional groups attached to an aromatic ring is 1. The molecule has 3 aromatic rings. The highest BCUT2D eigenvalue weighted by Gasteiger charge is 2.48. The zero-order valence-electron chi connectivity index (χ0n) is 24.3. The topological polar surface area (TPSA) is 104 Å². The van der Waals surface area contributed by atoms with E-state index in [-0.39, 0.29) is 5.88 Å². The molecule has 0 saturated heterocycles. The molecule has 0 saturated carbocycles. The van der Waals surface area contributed by atoms with Gasteiger partial charge in [-0.1, -0.05) is 37.1 Å². The fourth-order valence-corrected chi connectivity index (χ4v) is 4.02. The molecule has 0 aliphatic rings. The van der Waals surface area contributed by atoms with Gasteiger partial charge in [-0.05, 0) is 71.1 Å². The first-order chi connectivity index (χ1) is 19.2. The molecule has 8 nitrogen and oxygen atoms in total. The Morgan fingerprint density at radius 3 is 2.41 bits per heavy atom. The maximum Gasteiger partial charge on any atom is 0.407 e. The van der Waals surface area contributed by atoms with E-state index in [1.165, 1.54) is 10.7 Å². The number of hydrogen-bond acceptors (Lipinski definition) is 6. The SMILES string of the molecule is CC(C)(C)OC(=O)NCCCCCCc1ccccc1-c1cc(N)ncc1-n1ccc(OCC(C)(C)C(F)(F)F)n1. The number of nitrogens with two attached hydrogens (primary N) is 1. The van der Waals surface area contributed by atoms with Crippen molar-refractivity contribution < 1.29 is 27.4 Å². The Bertz CT molecular complexity index is 1300. The van der Waals surface area contributed by atoms with Gasteiger partial charge in [0.15, 0.2) is 0 Å². The number of hydrogen-bond donors (Lipinski definition) is 2. The van der Waals surface area contributed by atoms with E-state index in [2.05, 4.69) is 21.5 Å². The third kappa shape index (κ3) is 9.40. The van der Waals surface area contributed by atoms with Crippen LogP contribution in [0.3, 0.4) is 0 Å². The average molecular weight is 576 g/mol. The molecule has 41 heavy (non-hydrogen) atoms. The summed E-state index contributed by atoms with van der Waals surface area (Å²) in [5.74, 6) is 0.422. The first kappa shape index (κ1) is 31.8. The lowest BCUT2D eigenvalue weighted by Crippen LogP contribution is -2.37. The number of ether oxygens (including phenoxy) is 2. The molecule has 11 heteroatoms. The lowest BCUT2D eigenvalue weighted by Gasteiger charge is -2.26. The molecule has 2 heterocycles. The second kappa shape index (κ2) is 13.3. The Morgan fingerprint density at radius 1 is 1.00 bits per heavy atom. The highest BCUT2D eigenvalue weighted by atomic mass is 19.4. The van der Waals surface area contributed by atoms with Crippen LogP contribution in [0.25, 0.3) is 16.8 Å². The van der Waals surface area contributed by atoms with Crippen LogP contribution in [0.2, 0.25) is 0 Å². The number of halogens is 3. The third-order valence-electron chi connectivity index (χ3n) is 6.41. The van der Waals surface area contributed by atoms with Crippen LogP contribution in [0.15, 0.2) is 48.8 Å². The molecule has 0 bridgehead atoms. The van der Waals surface area contributed by atoms with Gasteiger partial charge >= 0.3 is 12.3 Å². The second-order valence-electron chi connectivity index (χ2n) is 11.6. The van der Waals surface area contributed by atoms with Crippen LogP contribution in [0.1, 0.15) is 65.9 Å². The van der Waals surface area contributed by atoms with Gasteiger partial charge in [-0.3, -0.25) is 0 Å². The molecule has 3 rings (SSSR count). The molecule has 0 unspecified atom stereocenters. The van der Waals surface area contributed by atoms with E-state index < -0.39 is 29.9 Å². The number of carbonyl (C=O) groups excluding carboxylic acids is 1. The zero-order chi connectivity index (χ0) is 30.3. The average Bonchev–Trinajstić information content (AvgIpc) is 3.34. The van der Waals surface area contributed by atoms with Gasteiger partial charge in [-0.2, -0.15) is 13.2 Å². The van der Waals surface area contributed by atoms with Crippen LogP contribution in [0.4, 0.5) is 23.8 Å². The summed E-state index contributed by atoms with van der Waals surface area (Å²) in [6.45, 7) is 7.68. The number of aromatic nitrogens is 3. The summed E-state index contributed by atoms with van der Waals surface area (Å²) in [5, 5.41) is 7.14. The largest absolute Gasteiger partial charge is 0.476 e. The molecular weight excluding hydrogens is 535 g/mol. The predicted molar refractivity (Wildman–Crippen MR) is 153 cm³/mol.